The molecule has 0 radical (unpaired) electrons. The molecule has 0 bridgehead atoms. The number of hydrogen-bond donors (Lipinski definition) is 1. The van der Waals surface area contributed by atoms with Crippen molar-refractivity contribution in [3.8, 4) is 0 Å². The fourth-order valence-electron chi connectivity index (χ4n) is 1.43. The molecule has 0 aromatic carbocycles. The van der Waals surface area contributed by atoms with E-state index in [1.165, 1.54) is 13.0 Å². The van der Waals surface area contributed by atoms with Crippen LogP contribution < -0.4 is 29.0 Å². The topological polar surface area (TPSA) is 36.4 Å². The maximum absolute atomic E-state index is 2.81. The summed E-state index contributed by atoms with van der Waals surface area (Å²) in [6.45, 7) is 5.59. The molecule has 1 aliphatic heterocycles. The van der Waals surface area contributed by atoms with E-state index in [9.17, 15) is 0 Å². The molecule has 1 aliphatic rings. The van der Waals surface area contributed by atoms with Crippen molar-refractivity contribution < 1.29 is 29.0 Å². The summed E-state index contributed by atoms with van der Waals surface area (Å²) in [6.07, 6.45) is 11.5. The lowest BCUT2D eigenvalue weighted by molar-refractivity contribution is -0.375. The highest BCUT2D eigenvalue weighted by Gasteiger charge is 2.16. The van der Waals surface area contributed by atoms with E-state index in [-0.39, 0.29) is 24.0 Å². The molecule has 2 rings (SSSR count). The Morgan fingerprint density at radius 2 is 2.12 bits per heavy atom. The highest BCUT2D eigenvalue weighted by molar-refractivity contribution is 4.93. The van der Waals surface area contributed by atoms with Gasteiger partial charge in [-0.15, -0.1) is 0 Å². The van der Waals surface area contributed by atoms with E-state index >= 15 is 0 Å². The zero-order valence-electron chi connectivity index (χ0n) is 10.2. The third-order valence-corrected chi connectivity index (χ3v) is 2.49. The van der Waals surface area contributed by atoms with E-state index in [2.05, 4.69) is 53.1 Å². The Bertz CT molecular complexity index is 256. The lowest BCUT2D eigenvalue weighted by atomic mass is 10.4. The molecule has 16 heavy (non-hydrogen) atoms. The normalized spacial score (nSPS) is 17.8. The fraction of sp³-hybridized carbons (Fsp3) is 0.545. The van der Waals surface area contributed by atoms with E-state index in [0.717, 1.165) is 0 Å². The van der Waals surface area contributed by atoms with Gasteiger partial charge in [0.25, 0.3) is 0 Å². The Morgan fingerprint density at radius 1 is 1.38 bits per heavy atom. The van der Waals surface area contributed by atoms with Crippen LogP contribution in [-0.4, -0.2) is 34.5 Å². The number of aromatic amines is 2. The average Bonchev–Trinajstić information content (AvgIpc) is 2.87. The first kappa shape index (κ1) is 15.3. The van der Waals surface area contributed by atoms with Gasteiger partial charge in [-0.25, -0.2) is 0 Å². The molecule has 0 fully saturated rings. The van der Waals surface area contributed by atoms with Crippen LogP contribution in [0.4, 0.5) is 0 Å². The third kappa shape index (κ3) is 4.87. The minimum Gasteiger partial charge on any atom is -1.00 e. The van der Waals surface area contributed by atoms with Gasteiger partial charge in [0.1, 0.15) is 12.4 Å². The van der Waals surface area contributed by atoms with Crippen LogP contribution in [0.2, 0.25) is 0 Å². The molecule has 0 saturated carbocycles. The van der Waals surface area contributed by atoms with Gasteiger partial charge >= 0.3 is 0 Å². The number of nitrogens with one attached hydrogen (secondary N) is 2. The number of imidazole rings is 1. The van der Waals surface area contributed by atoms with Crippen LogP contribution in [0.5, 0.6) is 0 Å². The summed E-state index contributed by atoms with van der Waals surface area (Å²) < 4.78 is 0. The molecule has 0 amide bonds. The maximum Gasteiger partial charge on any atom is 0.239 e. The Morgan fingerprint density at radius 3 is 2.44 bits per heavy atom. The molecule has 4 nitrogen and oxygen atoms in total. The van der Waals surface area contributed by atoms with Crippen LogP contribution in [0, 0.1) is 0 Å². The van der Waals surface area contributed by atoms with Gasteiger partial charge in [-0.2, -0.15) is 0 Å². The SMILES string of the molecule is CCCN1C=CN(C)C1C.[I-].c1c[nH+]c[nH]1. The lowest BCUT2D eigenvalue weighted by Gasteiger charge is -2.26. The van der Waals surface area contributed by atoms with Crippen LogP contribution >= 0.6 is 0 Å². The van der Waals surface area contributed by atoms with Gasteiger partial charge in [-0.05, 0) is 13.3 Å². The average molecular weight is 336 g/mol. The number of rotatable bonds is 2. The summed E-state index contributed by atoms with van der Waals surface area (Å²) in [6, 6.07) is 0. The summed E-state index contributed by atoms with van der Waals surface area (Å²) in [5.74, 6) is 0. The van der Waals surface area contributed by atoms with E-state index in [4.69, 9.17) is 0 Å². The van der Waals surface area contributed by atoms with E-state index < -0.39 is 0 Å². The molecular formula is C11H21IN4. The second kappa shape index (κ2) is 8.43. The molecule has 5 heteroatoms. The number of H-pyrrole nitrogens is 2. The highest BCUT2D eigenvalue weighted by Crippen LogP contribution is 2.12. The summed E-state index contributed by atoms with van der Waals surface area (Å²) in [7, 11) is 2.11. The van der Waals surface area contributed by atoms with Gasteiger partial charge in [0.05, 0.1) is 6.17 Å². The lowest BCUT2D eigenvalue weighted by Crippen LogP contribution is -3.00. The van der Waals surface area contributed by atoms with Gasteiger partial charge < -0.3 is 33.8 Å². The third-order valence-electron chi connectivity index (χ3n) is 2.49. The summed E-state index contributed by atoms with van der Waals surface area (Å²) in [5.41, 5.74) is 0. The summed E-state index contributed by atoms with van der Waals surface area (Å²) in [5, 5.41) is 0. The molecule has 0 aliphatic carbocycles. The van der Waals surface area contributed by atoms with Crippen molar-refractivity contribution in [1.29, 1.82) is 0 Å². The predicted octanol–water partition coefficient (Wildman–Crippen LogP) is -1.71. The van der Waals surface area contributed by atoms with Gasteiger partial charge in [-0.3, -0.25) is 9.97 Å². The smallest absolute Gasteiger partial charge is 0.239 e. The number of aromatic nitrogens is 2. The zero-order chi connectivity index (χ0) is 11.1. The van der Waals surface area contributed by atoms with Crippen LogP contribution in [0.1, 0.15) is 20.3 Å². The first-order valence-corrected chi connectivity index (χ1v) is 5.40. The number of halogens is 1. The van der Waals surface area contributed by atoms with E-state index in [1.54, 1.807) is 6.33 Å². The van der Waals surface area contributed by atoms with Crippen molar-refractivity contribution >= 4 is 0 Å². The molecule has 1 unspecified atom stereocenters. The highest BCUT2D eigenvalue weighted by atomic mass is 127. The largest absolute Gasteiger partial charge is 1.00 e. The van der Waals surface area contributed by atoms with Crippen molar-refractivity contribution in [3.63, 3.8) is 0 Å². The number of nitrogens with zero attached hydrogens (tertiary/aromatic N) is 2. The van der Waals surface area contributed by atoms with Gasteiger partial charge in [0.15, 0.2) is 0 Å². The van der Waals surface area contributed by atoms with Crippen molar-refractivity contribution in [2.45, 2.75) is 26.4 Å². The molecule has 1 atom stereocenters. The standard InChI is InChI=1S/C8H16N2.C3H4N2.HI/c1-4-5-10-7-6-9(3)8(10)2;1-2-5-3-4-1;/h6-8H,4-5H2,1-3H3;1-3H,(H,4,5);1H. The minimum absolute atomic E-state index is 0. The van der Waals surface area contributed by atoms with Crippen molar-refractivity contribution in [2.75, 3.05) is 13.6 Å². The molecule has 0 saturated heterocycles. The Labute approximate surface area is 115 Å². The van der Waals surface area contributed by atoms with Crippen LogP contribution in [0.25, 0.3) is 0 Å². The molecule has 1 aromatic heterocycles. The fourth-order valence-corrected chi connectivity index (χ4v) is 1.43. The molecule has 0 spiro atoms. The van der Waals surface area contributed by atoms with Crippen molar-refractivity contribution in [3.05, 3.63) is 31.1 Å². The second-order valence-electron chi connectivity index (χ2n) is 3.64. The molecular weight excluding hydrogens is 315 g/mol. The summed E-state index contributed by atoms with van der Waals surface area (Å²) in [4.78, 5) is 10.2. The van der Waals surface area contributed by atoms with Crippen molar-refractivity contribution in [2.24, 2.45) is 0 Å². The monoisotopic (exact) mass is 336 g/mol. The van der Waals surface area contributed by atoms with Gasteiger partial charge in [0.2, 0.25) is 6.33 Å². The van der Waals surface area contributed by atoms with Gasteiger partial charge in [0, 0.05) is 26.0 Å². The van der Waals surface area contributed by atoms with Gasteiger partial charge in [-0.1, -0.05) is 6.92 Å². The Kier molecular flexibility index (Phi) is 8.05. The van der Waals surface area contributed by atoms with Crippen LogP contribution in [0.3, 0.4) is 0 Å². The molecule has 2 heterocycles. The number of hydrogen-bond acceptors (Lipinski definition) is 2. The van der Waals surface area contributed by atoms with Crippen LogP contribution in [0.15, 0.2) is 31.1 Å². The maximum atomic E-state index is 2.81. The minimum atomic E-state index is 0. The first-order chi connectivity index (χ1) is 7.25. The van der Waals surface area contributed by atoms with Crippen LogP contribution in [-0.2, 0) is 0 Å². The van der Waals surface area contributed by atoms with E-state index in [1.807, 2.05) is 12.4 Å². The quantitative estimate of drug-likeness (QED) is 0.654. The predicted molar refractivity (Wildman–Crippen MR) is 60.7 cm³/mol. The Balaban J connectivity index is 0.000000318. The second-order valence-corrected chi connectivity index (χ2v) is 3.64. The molecule has 92 valence electrons. The summed E-state index contributed by atoms with van der Waals surface area (Å²) >= 11 is 0. The zero-order valence-corrected chi connectivity index (χ0v) is 12.3. The first-order valence-electron chi connectivity index (χ1n) is 5.40. The molecule has 2 N–H and O–H groups in total. The molecule has 1 aromatic rings. The Hall–Kier alpha value is -0.720. The van der Waals surface area contributed by atoms with Crippen molar-refractivity contribution in [1.82, 2.24) is 14.8 Å². The van der Waals surface area contributed by atoms with E-state index in [0.29, 0.717) is 6.17 Å².